The number of thioether (sulfide) groups is 1. The first-order chi connectivity index (χ1) is 9.17. The van der Waals surface area contributed by atoms with E-state index in [1.54, 1.807) is 11.8 Å². The first kappa shape index (κ1) is 18.4. The number of hydrogen-bond donors (Lipinski definition) is 0. The third kappa shape index (κ3) is 8.63. The summed E-state index contributed by atoms with van der Waals surface area (Å²) in [6.07, 6.45) is 1.18. The van der Waals surface area contributed by atoms with Gasteiger partial charge in [-0.3, -0.25) is 4.18 Å². The first-order valence-corrected chi connectivity index (χ1v) is 13.5. The minimum Gasteiger partial charge on any atom is -0.356 e. The monoisotopic (exact) mass is 342 g/mol. The van der Waals surface area contributed by atoms with Crippen LogP contribution >= 0.6 is 11.8 Å². The lowest BCUT2D eigenvalue weighted by atomic mass is 10.2. The summed E-state index contributed by atoms with van der Waals surface area (Å²) >= 11 is 1.75. The summed E-state index contributed by atoms with van der Waals surface area (Å²) < 4.78 is 38.7. The van der Waals surface area contributed by atoms with Crippen LogP contribution in [0.4, 0.5) is 0 Å². The fourth-order valence-corrected chi connectivity index (χ4v) is 4.29. The van der Waals surface area contributed by atoms with Crippen LogP contribution in [0.5, 0.6) is 0 Å². The minimum atomic E-state index is -3.44. The molecule has 0 radical (unpaired) electrons. The summed E-state index contributed by atoms with van der Waals surface area (Å²) in [4.78, 5) is 0. The van der Waals surface area contributed by atoms with E-state index in [0.717, 1.165) is 23.8 Å². The second-order valence-corrected chi connectivity index (χ2v) is 14.6. The Balaban J connectivity index is 2.29. The second-order valence-electron chi connectivity index (χ2n) is 6.24. The Morgan fingerprint density at radius 1 is 1.25 bits per heavy atom. The van der Waals surface area contributed by atoms with Crippen LogP contribution < -0.4 is 0 Å². The van der Waals surface area contributed by atoms with Crippen LogP contribution in [0.25, 0.3) is 0 Å². The van der Waals surface area contributed by atoms with Crippen molar-refractivity contribution in [2.24, 2.45) is 0 Å². The van der Waals surface area contributed by atoms with Gasteiger partial charge in [0.05, 0.1) is 12.4 Å². The molecule has 2 atom stereocenters. The molecule has 8 heteroatoms. The average Bonchev–Trinajstić information content (AvgIpc) is 2.27. The standard InChI is InChI=1S/C12H26O5S2Si/c1-19(13,14)17-11-5-7-18-9-12(11)16-10-15-6-8-20(2,3)4/h11-12H,5-10H2,1-4H3/t11-,12-/m0/s1. The molecule has 1 aliphatic heterocycles. The Hall–Kier alpha value is 0.397. The first-order valence-electron chi connectivity index (χ1n) is 6.83. The van der Waals surface area contributed by atoms with E-state index in [4.69, 9.17) is 13.7 Å². The molecule has 0 bridgehead atoms. The number of rotatable bonds is 8. The van der Waals surface area contributed by atoms with Crippen molar-refractivity contribution in [1.82, 2.24) is 0 Å². The molecule has 120 valence electrons. The molecule has 5 nitrogen and oxygen atoms in total. The van der Waals surface area contributed by atoms with E-state index in [1.807, 2.05) is 0 Å². The van der Waals surface area contributed by atoms with Crippen LogP contribution in [0.1, 0.15) is 6.42 Å². The van der Waals surface area contributed by atoms with Gasteiger partial charge in [0.1, 0.15) is 12.9 Å². The SMILES string of the molecule is C[Si](C)(C)CCOCO[C@H]1CSCC[C@@H]1OS(C)(=O)=O. The Labute approximate surface area is 127 Å². The van der Waals surface area contributed by atoms with E-state index in [9.17, 15) is 8.42 Å². The van der Waals surface area contributed by atoms with Crippen molar-refractivity contribution in [3.63, 3.8) is 0 Å². The van der Waals surface area contributed by atoms with Crippen molar-refractivity contribution in [2.75, 3.05) is 31.2 Å². The molecule has 0 amide bonds. The molecule has 0 unspecified atom stereocenters. The highest BCUT2D eigenvalue weighted by atomic mass is 32.2. The van der Waals surface area contributed by atoms with Crippen LogP contribution in [0.2, 0.25) is 25.7 Å². The van der Waals surface area contributed by atoms with Crippen LogP contribution in [0, 0.1) is 0 Å². The number of ether oxygens (including phenoxy) is 2. The van der Waals surface area contributed by atoms with Gasteiger partial charge in [-0.25, -0.2) is 0 Å². The lowest BCUT2D eigenvalue weighted by Crippen LogP contribution is -2.39. The Morgan fingerprint density at radius 3 is 2.55 bits per heavy atom. The summed E-state index contributed by atoms with van der Waals surface area (Å²) in [6, 6.07) is 1.10. The molecule has 0 N–H and O–H groups in total. The molecule has 20 heavy (non-hydrogen) atoms. The summed E-state index contributed by atoms with van der Waals surface area (Å²) in [6.45, 7) is 7.80. The Morgan fingerprint density at radius 2 is 1.95 bits per heavy atom. The largest absolute Gasteiger partial charge is 0.356 e. The third-order valence-electron chi connectivity index (χ3n) is 2.90. The van der Waals surface area contributed by atoms with E-state index in [2.05, 4.69) is 19.6 Å². The Bertz CT molecular complexity index is 380. The van der Waals surface area contributed by atoms with E-state index < -0.39 is 18.2 Å². The highest BCUT2D eigenvalue weighted by Gasteiger charge is 2.30. The molecular weight excluding hydrogens is 316 g/mol. The van der Waals surface area contributed by atoms with Crippen molar-refractivity contribution in [3.8, 4) is 0 Å². The predicted molar refractivity (Wildman–Crippen MR) is 85.5 cm³/mol. The van der Waals surface area contributed by atoms with Gasteiger partial charge >= 0.3 is 0 Å². The maximum atomic E-state index is 11.2. The van der Waals surface area contributed by atoms with Gasteiger partial charge in [-0.1, -0.05) is 19.6 Å². The summed E-state index contributed by atoms with van der Waals surface area (Å²) in [5, 5.41) is 0. The van der Waals surface area contributed by atoms with Crippen molar-refractivity contribution in [2.45, 2.75) is 44.3 Å². The van der Waals surface area contributed by atoms with E-state index in [-0.39, 0.29) is 19.0 Å². The van der Waals surface area contributed by atoms with Gasteiger partial charge in [0.15, 0.2) is 0 Å². The highest BCUT2D eigenvalue weighted by Crippen LogP contribution is 2.24. The van der Waals surface area contributed by atoms with Gasteiger partial charge in [0.25, 0.3) is 10.1 Å². The topological polar surface area (TPSA) is 61.8 Å². The molecule has 1 rings (SSSR count). The average molecular weight is 343 g/mol. The lowest BCUT2D eigenvalue weighted by molar-refractivity contribution is -0.108. The molecule has 0 aromatic carbocycles. The fourth-order valence-electron chi connectivity index (χ4n) is 1.76. The van der Waals surface area contributed by atoms with Crippen LogP contribution in [-0.4, -0.2) is 59.9 Å². The maximum absolute atomic E-state index is 11.2. The molecule has 0 spiro atoms. The number of hydrogen-bond acceptors (Lipinski definition) is 6. The van der Waals surface area contributed by atoms with Crippen molar-refractivity contribution in [1.29, 1.82) is 0 Å². The van der Waals surface area contributed by atoms with Gasteiger partial charge in [-0.05, 0) is 18.2 Å². The highest BCUT2D eigenvalue weighted by molar-refractivity contribution is 7.99. The molecule has 1 saturated heterocycles. The van der Waals surface area contributed by atoms with Gasteiger partial charge in [-0.2, -0.15) is 20.2 Å². The van der Waals surface area contributed by atoms with Crippen molar-refractivity contribution < 1.29 is 22.1 Å². The molecule has 0 aromatic rings. The van der Waals surface area contributed by atoms with Gasteiger partial charge in [-0.15, -0.1) is 0 Å². The van der Waals surface area contributed by atoms with Crippen molar-refractivity contribution >= 4 is 30.0 Å². The summed E-state index contributed by atoms with van der Waals surface area (Å²) in [7, 11) is -4.52. The molecule has 1 fully saturated rings. The van der Waals surface area contributed by atoms with Crippen LogP contribution in [0.15, 0.2) is 0 Å². The summed E-state index contributed by atoms with van der Waals surface area (Å²) in [5.74, 6) is 1.65. The van der Waals surface area contributed by atoms with Gasteiger partial charge < -0.3 is 9.47 Å². The molecular formula is C12H26O5S2Si. The molecule has 0 aromatic heterocycles. The second kappa shape index (κ2) is 8.14. The quantitative estimate of drug-likeness (QED) is 0.292. The molecule has 0 saturated carbocycles. The normalized spacial score (nSPS) is 24.8. The Kier molecular flexibility index (Phi) is 7.51. The summed E-state index contributed by atoms with van der Waals surface area (Å²) in [5.41, 5.74) is 0. The van der Waals surface area contributed by atoms with Gasteiger partial charge in [0.2, 0.25) is 0 Å². The molecule has 1 heterocycles. The van der Waals surface area contributed by atoms with Crippen LogP contribution in [-0.2, 0) is 23.8 Å². The zero-order valence-electron chi connectivity index (χ0n) is 12.8. The fraction of sp³-hybridized carbons (Fsp3) is 1.00. The molecule has 0 aliphatic carbocycles. The van der Waals surface area contributed by atoms with E-state index in [0.29, 0.717) is 13.0 Å². The van der Waals surface area contributed by atoms with Crippen LogP contribution in [0.3, 0.4) is 0 Å². The minimum absolute atomic E-state index is 0.208. The molecule has 1 aliphatic rings. The zero-order chi connectivity index (χ0) is 15.2. The zero-order valence-corrected chi connectivity index (χ0v) is 15.4. The lowest BCUT2D eigenvalue weighted by Gasteiger charge is -2.30. The predicted octanol–water partition coefficient (Wildman–Crippen LogP) is 2.17. The van der Waals surface area contributed by atoms with Gasteiger partial charge in [0, 0.05) is 20.4 Å². The smallest absolute Gasteiger partial charge is 0.264 e. The third-order valence-corrected chi connectivity index (χ3v) is 6.29. The van der Waals surface area contributed by atoms with E-state index >= 15 is 0 Å². The maximum Gasteiger partial charge on any atom is 0.264 e. The van der Waals surface area contributed by atoms with Crippen molar-refractivity contribution in [3.05, 3.63) is 0 Å². The van der Waals surface area contributed by atoms with E-state index in [1.165, 1.54) is 0 Å².